The van der Waals surface area contributed by atoms with E-state index in [1.165, 1.54) is 13.1 Å². The minimum atomic E-state index is -0.650. The first kappa shape index (κ1) is 11.1. The molecule has 0 saturated heterocycles. The molecular weight excluding hydrogens is 227 g/mol. The van der Waals surface area contributed by atoms with Crippen molar-refractivity contribution >= 4 is 34.9 Å². The third-order valence-electron chi connectivity index (χ3n) is 1.46. The maximum absolute atomic E-state index is 11.0. The van der Waals surface area contributed by atoms with Crippen LogP contribution in [0.4, 0.5) is 10.5 Å². The van der Waals surface area contributed by atoms with Crippen LogP contribution in [0.1, 0.15) is 0 Å². The standard InChI is InChI=1S/C8H8Cl2N2O2/c1-12(14)8(13)11-5-2-3-6(9)7(10)4-5/h2-4,14H,1H3,(H,11,13). The van der Waals surface area contributed by atoms with Crippen molar-refractivity contribution in [2.45, 2.75) is 0 Å². The third-order valence-corrected chi connectivity index (χ3v) is 2.20. The molecule has 0 saturated carbocycles. The Morgan fingerprint density at radius 3 is 2.57 bits per heavy atom. The molecule has 0 radical (unpaired) electrons. The van der Waals surface area contributed by atoms with E-state index >= 15 is 0 Å². The van der Waals surface area contributed by atoms with Crippen LogP contribution in [-0.4, -0.2) is 23.3 Å². The number of hydrogen-bond donors (Lipinski definition) is 2. The van der Waals surface area contributed by atoms with Gasteiger partial charge in [-0.3, -0.25) is 5.21 Å². The van der Waals surface area contributed by atoms with E-state index < -0.39 is 6.03 Å². The molecule has 0 aliphatic carbocycles. The molecule has 0 aliphatic heterocycles. The molecule has 1 aromatic carbocycles. The fraction of sp³-hybridized carbons (Fsp3) is 0.125. The van der Waals surface area contributed by atoms with E-state index in [1.54, 1.807) is 12.1 Å². The lowest BCUT2D eigenvalue weighted by Gasteiger charge is -2.10. The van der Waals surface area contributed by atoms with Crippen LogP contribution in [0, 0.1) is 0 Å². The Morgan fingerprint density at radius 2 is 2.07 bits per heavy atom. The number of nitrogens with one attached hydrogen (secondary N) is 1. The Morgan fingerprint density at radius 1 is 1.43 bits per heavy atom. The van der Waals surface area contributed by atoms with Gasteiger partial charge < -0.3 is 5.32 Å². The SMILES string of the molecule is CN(O)C(=O)Nc1ccc(Cl)c(Cl)c1. The van der Waals surface area contributed by atoms with Crippen LogP contribution in [0.15, 0.2) is 18.2 Å². The largest absolute Gasteiger partial charge is 0.345 e. The van der Waals surface area contributed by atoms with Crippen LogP contribution in [0.3, 0.4) is 0 Å². The lowest BCUT2D eigenvalue weighted by atomic mass is 10.3. The maximum atomic E-state index is 11.0. The Bertz CT molecular complexity index is 355. The summed E-state index contributed by atoms with van der Waals surface area (Å²) in [5, 5.41) is 12.3. The van der Waals surface area contributed by atoms with Gasteiger partial charge >= 0.3 is 6.03 Å². The Hall–Kier alpha value is -0.970. The van der Waals surface area contributed by atoms with E-state index in [-0.39, 0.29) is 0 Å². The highest BCUT2D eigenvalue weighted by Gasteiger charge is 2.06. The number of carbonyl (C=O) groups is 1. The summed E-state index contributed by atoms with van der Waals surface area (Å²) in [6, 6.07) is 3.97. The first-order valence-electron chi connectivity index (χ1n) is 3.69. The van der Waals surface area contributed by atoms with Gasteiger partial charge in [0, 0.05) is 12.7 Å². The van der Waals surface area contributed by atoms with Crippen LogP contribution in [0.5, 0.6) is 0 Å². The summed E-state index contributed by atoms with van der Waals surface area (Å²) in [6.45, 7) is 0. The van der Waals surface area contributed by atoms with Gasteiger partial charge in [-0.05, 0) is 18.2 Å². The van der Waals surface area contributed by atoms with E-state index in [2.05, 4.69) is 5.32 Å². The second-order valence-electron chi connectivity index (χ2n) is 2.58. The monoisotopic (exact) mass is 234 g/mol. The van der Waals surface area contributed by atoms with Gasteiger partial charge in [-0.25, -0.2) is 9.86 Å². The first-order chi connectivity index (χ1) is 6.50. The zero-order valence-corrected chi connectivity index (χ0v) is 8.80. The van der Waals surface area contributed by atoms with Gasteiger partial charge in [-0.1, -0.05) is 23.2 Å². The highest BCUT2D eigenvalue weighted by Crippen LogP contribution is 2.24. The molecule has 4 nitrogen and oxygen atoms in total. The number of rotatable bonds is 1. The highest BCUT2D eigenvalue weighted by molar-refractivity contribution is 6.42. The number of halogens is 2. The number of hydrogen-bond acceptors (Lipinski definition) is 2. The Balaban J connectivity index is 2.78. The molecule has 2 amide bonds. The van der Waals surface area contributed by atoms with Gasteiger partial charge in [-0.15, -0.1) is 0 Å². The minimum absolute atomic E-state index is 0.338. The van der Waals surface area contributed by atoms with E-state index in [0.717, 1.165) is 0 Å². The Labute approximate surface area is 91.0 Å². The maximum Gasteiger partial charge on any atom is 0.345 e. The second kappa shape index (κ2) is 4.50. The van der Waals surface area contributed by atoms with Crippen molar-refractivity contribution in [2.75, 3.05) is 12.4 Å². The van der Waals surface area contributed by atoms with E-state index in [9.17, 15) is 4.79 Å². The van der Waals surface area contributed by atoms with Crippen LogP contribution in [0.2, 0.25) is 10.0 Å². The molecule has 76 valence electrons. The number of benzene rings is 1. The van der Waals surface area contributed by atoms with Gasteiger partial charge in [0.05, 0.1) is 10.0 Å². The molecule has 0 heterocycles. The summed E-state index contributed by atoms with van der Waals surface area (Å²) >= 11 is 11.4. The van der Waals surface area contributed by atoms with Crippen LogP contribution in [-0.2, 0) is 0 Å². The molecule has 1 rings (SSSR count). The quantitative estimate of drug-likeness (QED) is 0.580. The summed E-state index contributed by atoms with van der Waals surface area (Å²) in [5.74, 6) is 0. The summed E-state index contributed by atoms with van der Waals surface area (Å²) in [5.41, 5.74) is 0.463. The Kier molecular flexibility index (Phi) is 3.57. The van der Waals surface area contributed by atoms with Gasteiger partial charge in [0.25, 0.3) is 0 Å². The summed E-state index contributed by atoms with van der Waals surface area (Å²) < 4.78 is 0. The average Bonchev–Trinajstić information content (AvgIpc) is 2.11. The molecular formula is C8H8Cl2N2O2. The predicted octanol–water partition coefficient (Wildman–Crippen LogP) is 2.85. The second-order valence-corrected chi connectivity index (χ2v) is 3.40. The highest BCUT2D eigenvalue weighted by atomic mass is 35.5. The van der Waals surface area contributed by atoms with Crippen molar-refractivity contribution in [3.8, 4) is 0 Å². The molecule has 6 heteroatoms. The summed E-state index contributed by atoms with van der Waals surface area (Å²) in [6.07, 6.45) is 0. The molecule has 0 fully saturated rings. The molecule has 0 spiro atoms. The van der Waals surface area contributed by atoms with Gasteiger partial charge in [-0.2, -0.15) is 0 Å². The minimum Gasteiger partial charge on any atom is -0.306 e. The normalized spacial score (nSPS) is 9.71. The number of hydroxylamine groups is 2. The first-order valence-corrected chi connectivity index (χ1v) is 4.45. The molecule has 0 aliphatic rings. The van der Waals surface area contributed by atoms with Crippen molar-refractivity contribution in [1.29, 1.82) is 0 Å². The van der Waals surface area contributed by atoms with Crippen LogP contribution >= 0.6 is 23.2 Å². The zero-order chi connectivity index (χ0) is 10.7. The number of nitrogens with zero attached hydrogens (tertiary/aromatic N) is 1. The number of urea groups is 1. The third kappa shape index (κ3) is 2.77. The topological polar surface area (TPSA) is 52.6 Å². The lowest BCUT2D eigenvalue weighted by Crippen LogP contribution is -2.27. The number of anilines is 1. The molecule has 0 aromatic heterocycles. The van der Waals surface area contributed by atoms with E-state index in [4.69, 9.17) is 28.4 Å². The fourth-order valence-electron chi connectivity index (χ4n) is 0.778. The van der Waals surface area contributed by atoms with Crippen LogP contribution < -0.4 is 5.32 Å². The smallest absolute Gasteiger partial charge is 0.306 e. The van der Waals surface area contributed by atoms with Crippen molar-refractivity contribution in [2.24, 2.45) is 0 Å². The van der Waals surface area contributed by atoms with E-state index in [1.807, 2.05) is 0 Å². The predicted molar refractivity (Wildman–Crippen MR) is 55.0 cm³/mol. The molecule has 0 bridgehead atoms. The van der Waals surface area contributed by atoms with Crippen molar-refractivity contribution in [3.63, 3.8) is 0 Å². The number of carbonyl (C=O) groups excluding carboxylic acids is 1. The average molecular weight is 235 g/mol. The summed E-state index contributed by atoms with van der Waals surface area (Å²) in [7, 11) is 1.22. The van der Waals surface area contributed by atoms with Crippen molar-refractivity contribution in [3.05, 3.63) is 28.2 Å². The summed E-state index contributed by atoms with van der Waals surface area (Å²) in [4.78, 5) is 11.0. The van der Waals surface area contributed by atoms with Gasteiger partial charge in [0.1, 0.15) is 0 Å². The number of amides is 2. The zero-order valence-electron chi connectivity index (χ0n) is 7.29. The molecule has 0 atom stereocenters. The molecule has 2 N–H and O–H groups in total. The molecule has 0 unspecified atom stereocenters. The van der Waals surface area contributed by atoms with Crippen molar-refractivity contribution < 1.29 is 10.0 Å². The molecule has 14 heavy (non-hydrogen) atoms. The molecule has 1 aromatic rings. The van der Waals surface area contributed by atoms with Crippen molar-refractivity contribution in [1.82, 2.24) is 5.06 Å². The fourth-order valence-corrected chi connectivity index (χ4v) is 1.08. The lowest BCUT2D eigenvalue weighted by molar-refractivity contribution is -0.0118. The van der Waals surface area contributed by atoms with Gasteiger partial charge in [0.15, 0.2) is 0 Å². The van der Waals surface area contributed by atoms with Crippen LogP contribution in [0.25, 0.3) is 0 Å². The van der Waals surface area contributed by atoms with E-state index in [0.29, 0.717) is 20.8 Å². The van der Waals surface area contributed by atoms with Gasteiger partial charge in [0.2, 0.25) is 0 Å².